The minimum Gasteiger partial charge on any atom is -0.342 e. The Bertz CT molecular complexity index is 429. The highest BCUT2D eigenvalue weighted by atomic mass is 32.1. The molecule has 0 spiro atoms. The molecule has 4 nitrogen and oxygen atoms in total. The summed E-state index contributed by atoms with van der Waals surface area (Å²) in [6, 6.07) is 0. The van der Waals surface area contributed by atoms with E-state index in [-0.39, 0.29) is 5.91 Å². The Kier molecular flexibility index (Phi) is 4.93. The molecule has 0 fully saturated rings. The molecule has 17 heavy (non-hydrogen) atoms. The number of carbonyl (C=O) groups is 1. The lowest BCUT2D eigenvalue weighted by Crippen LogP contribution is -2.33. The Hall–Kier alpha value is -1.10. The second-order valence-corrected chi connectivity index (χ2v) is 4.71. The lowest BCUT2D eigenvalue weighted by molar-refractivity contribution is -0.131. The number of carbonyl (C=O) groups excluding carboxylic acids is 1. The highest BCUT2D eigenvalue weighted by Gasteiger charge is 2.14. The normalized spacial score (nSPS) is 10.9. The number of nitrogens with zero attached hydrogens (tertiary/aromatic N) is 2. The van der Waals surface area contributed by atoms with Crippen molar-refractivity contribution < 1.29 is 4.79 Å². The number of likely N-dealkylation sites (N-methyl/N-ethyl adjacent to an activating group) is 1. The second kappa shape index (κ2) is 6.00. The third-order valence-corrected chi connectivity index (χ3v) is 3.24. The van der Waals surface area contributed by atoms with Crippen LogP contribution in [0.5, 0.6) is 0 Å². The first-order chi connectivity index (χ1) is 8.01. The van der Waals surface area contributed by atoms with Crippen LogP contribution in [0.25, 0.3) is 0 Å². The van der Waals surface area contributed by atoms with Gasteiger partial charge in [-0.2, -0.15) is 0 Å². The van der Waals surface area contributed by atoms with E-state index in [2.05, 4.69) is 18.8 Å². The Morgan fingerprint density at radius 2 is 2.06 bits per heavy atom. The fraction of sp³-hybridized carbons (Fsp3) is 0.667. The molecule has 0 atom stereocenters. The number of hydrogen-bond acceptors (Lipinski definition) is 2. The lowest BCUT2D eigenvalue weighted by atomic mass is 10.1. The number of hydrogen-bond donors (Lipinski definition) is 1. The van der Waals surface area contributed by atoms with E-state index in [1.54, 1.807) is 0 Å². The Morgan fingerprint density at radius 3 is 2.53 bits per heavy atom. The third-order valence-electron chi connectivity index (χ3n) is 2.90. The number of nitrogens with one attached hydrogen (secondary N) is 1. The van der Waals surface area contributed by atoms with Gasteiger partial charge in [0.2, 0.25) is 5.91 Å². The van der Waals surface area contributed by atoms with E-state index < -0.39 is 0 Å². The summed E-state index contributed by atoms with van der Waals surface area (Å²) in [4.78, 5) is 16.9. The number of rotatable bonds is 5. The van der Waals surface area contributed by atoms with Gasteiger partial charge in [-0.25, -0.2) is 0 Å². The van der Waals surface area contributed by atoms with Crippen molar-refractivity contribution in [1.29, 1.82) is 0 Å². The fourth-order valence-electron chi connectivity index (χ4n) is 1.86. The van der Waals surface area contributed by atoms with Crippen molar-refractivity contribution >= 4 is 18.1 Å². The van der Waals surface area contributed by atoms with Gasteiger partial charge in [-0.1, -0.05) is 13.8 Å². The van der Waals surface area contributed by atoms with E-state index in [0.29, 0.717) is 17.2 Å². The molecule has 5 heteroatoms. The van der Waals surface area contributed by atoms with Gasteiger partial charge in [-0.3, -0.25) is 4.79 Å². The van der Waals surface area contributed by atoms with Crippen LogP contribution in [0.4, 0.5) is 0 Å². The van der Waals surface area contributed by atoms with Gasteiger partial charge in [-0.05, 0) is 32.0 Å². The highest BCUT2D eigenvalue weighted by Crippen LogP contribution is 2.14. The van der Waals surface area contributed by atoms with Crippen molar-refractivity contribution in [3.05, 3.63) is 16.7 Å². The minimum atomic E-state index is 0.118. The molecule has 0 unspecified atom stereocenters. The Morgan fingerprint density at radius 1 is 1.47 bits per heavy atom. The van der Waals surface area contributed by atoms with Gasteiger partial charge >= 0.3 is 0 Å². The molecule has 0 bridgehead atoms. The molecule has 0 aliphatic rings. The Labute approximate surface area is 108 Å². The molecule has 0 aliphatic carbocycles. The molecule has 1 aromatic rings. The molecule has 0 aliphatic heterocycles. The van der Waals surface area contributed by atoms with Gasteiger partial charge in [0, 0.05) is 25.0 Å². The average molecular weight is 255 g/mol. The number of imidazole rings is 1. The van der Waals surface area contributed by atoms with Crippen LogP contribution in [0.1, 0.15) is 39.3 Å². The van der Waals surface area contributed by atoms with E-state index in [1.807, 2.05) is 29.5 Å². The summed E-state index contributed by atoms with van der Waals surface area (Å²) < 4.78 is 2.51. The SMILES string of the molecule is CCN(CC)C(=O)Cn1c(C(C)C)c[nH]c1=S. The van der Waals surface area contributed by atoms with Crippen LogP contribution in [0.2, 0.25) is 0 Å². The van der Waals surface area contributed by atoms with Crippen molar-refractivity contribution in [2.75, 3.05) is 13.1 Å². The van der Waals surface area contributed by atoms with Gasteiger partial charge in [0.25, 0.3) is 0 Å². The van der Waals surface area contributed by atoms with Crippen LogP contribution in [0.15, 0.2) is 6.20 Å². The van der Waals surface area contributed by atoms with Crippen LogP contribution in [-0.4, -0.2) is 33.4 Å². The quantitative estimate of drug-likeness (QED) is 0.821. The molecule has 96 valence electrons. The van der Waals surface area contributed by atoms with Gasteiger partial charge < -0.3 is 14.5 Å². The zero-order valence-corrected chi connectivity index (χ0v) is 11.8. The predicted octanol–water partition coefficient (Wildman–Crippen LogP) is 2.54. The van der Waals surface area contributed by atoms with Gasteiger partial charge in [-0.15, -0.1) is 0 Å². The van der Waals surface area contributed by atoms with E-state index in [0.717, 1.165) is 18.8 Å². The number of aromatic nitrogens is 2. The summed E-state index contributed by atoms with van der Waals surface area (Å²) in [5.74, 6) is 0.472. The predicted molar refractivity (Wildman–Crippen MR) is 71.6 cm³/mol. The molecule has 0 saturated heterocycles. The smallest absolute Gasteiger partial charge is 0.242 e. The van der Waals surface area contributed by atoms with Crippen molar-refractivity contribution in [2.45, 2.75) is 40.2 Å². The largest absolute Gasteiger partial charge is 0.342 e. The van der Waals surface area contributed by atoms with Crippen LogP contribution in [0.3, 0.4) is 0 Å². The second-order valence-electron chi connectivity index (χ2n) is 4.33. The van der Waals surface area contributed by atoms with Crippen molar-refractivity contribution in [1.82, 2.24) is 14.5 Å². The number of aromatic amines is 1. The molecule has 0 aromatic carbocycles. The van der Waals surface area contributed by atoms with Crippen LogP contribution in [0, 0.1) is 4.77 Å². The standard InChI is InChI=1S/C12H21N3OS/c1-5-14(6-2)11(16)8-15-10(9(3)4)7-13-12(15)17/h7,9H,5-6,8H2,1-4H3,(H,13,17). The van der Waals surface area contributed by atoms with Crippen molar-refractivity contribution in [3.63, 3.8) is 0 Å². The van der Waals surface area contributed by atoms with Crippen LogP contribution >= 0.6 is 12.2 Å². The first kappa shape index (κ1) is 14.0. The lowest BCUT2D eigenvalue weighted by Gasteiger charge is -2.20. The zero-order valence-electron chi connectivity index (χ0n) is 11.0. The summed E-state index contributed by atoms with van der Waals surface area (Å²) in [5.41, 5.74) is 1.08. The molecule has 0 radical (unpaired) electrons. The van der Waals surface area contributed by atoms with Gasteiger partial charge in [0.1, 0.15) is 6.54 Å². The van der Waals surface area contributed by atoms with Gasteiger partial charge in [0.05, 0.1) is 0 Å². The first-order valence-corrected chi connectivity index (χ1v) is 6.47. The molecular formula is C12H21N3OS. The van der Waals surface area contributed by atoms with Crippen LogP contribution in [-0.2, 0) is 11.3 Å². The monoisotopic (exact) mass is 255 g/mol. The Balaban J connectivity index is 2.91. The molecule has 0 saturated carbocycles. The minimum absolute atomic E-state index is 0.118. The third kappa shape index (κ3) is 3.19. The molecular weight excluding hydrogens is 234 g/mol. The molecule has 1 aromatic heterocycles. The topological polar surface area (TPSA) is 41.0 Å². The maximum Gasteiger partial charge on any atom is 0.242 e. The summed E-state index contributed by atoms with van der Waals surface area (Å²) in [6.07, 6.45) is 1.89. The number of amides is 1. The fourth-order valence-corrected chi connectivity index (χ4v) is 2.09. The summed E-state index contributed by atoms with van der Waals surface area (Å²) >= 11 is 5.21. The average Bonchev–Trinajstić information content (AvgIpc) is 2.62. The maximum absolute atomic E-state index is 12.0. The van der Waals surface area contributed by atoms with Crippen LogP contribution < -0.4 is 0 Å². The first-order valence-electron chi connectivity index (χ1n) is 6.07. The van der Waals surface area contributed by atoms with E-state index in [1.165, 1.54) is 0 Å². The van der Waals surface area contributed by atoms with E-state index in [9.17, 15) is 4.79 Å². The summed E-state index contributed by atoms with van der Waals surface area (Å²) in [7, 11) is 0. The maximum atomic E-state index is 12.0. The van der Waals surface area contributed by atoms with E-state index >= 15 is 0 Å². The zero-order chi connectivity index (χ0) is 13.0. The van der Waals surface area contributed by atoms with Crippen molar-refractivity contribution in [2.24, 2.45) is 0 Å². The summed E-state index contributed by atoms with van der Waals surface area (Å²) in [5, 5.41) is 0. The van der Waals surface area contributed by atoms with Gasteiger partial charge in [0.15, 0.2) is 4.77 Å². The molecule has 1 N–H and O–H groups in total. The van der Waals surface area contributed by atoms with Crippen molar-refractivity contribution in [3.8, 4) is 0 Å². The highest BCUT2D eigenvalue weighted by molar-refractivity contribution is 7.71. The molecule has 1 amide bonds. The number of H-pyrrole nitrogens is 1. The summed E-state index contributed by atoms with van der Waals surface area (Å²) in [6.45, 7) is 9.97. The molecule has 1 rings (SSSR count). The molecule has 1 heterocycles. The van der Waals surface area contributed by atoms with E-state index in [4.69, 9.17) is 12.2 Å².